The summed E-state index contributed by atoms with van der Waals surface area (Å²) in [6.07, 6.45) is 1.48. The average molecular weight is 499 g/mol. The fourth-order valence-electron chi connectivity index (χ4n) is 3.27. The van der Waals surface area contributed by atoms with Gasteiger partial charge in [0.05, 0.1) is 11.5 Å². The molecule has 0 unspecified atom stereocenters. The van der Waals surface area contributed by atoms with Gasteiger partial charge < -0.3 is 9.64 Å². The van der Waals surface area contributed by atoms with Gasteiger partial charge in [-0.15, -0.1) is 0 Å². The first-order valence-corrected chi connectivity index (χ1v) is 12.0. The first kappa shape index (κ1) is 22.7. The Balaban J connectivity index is 1.48. The van der Waals surface area contributed by atoms with E-state index in [1.165, 1.54) is 16.4 Å². The fraction of sp³-hybridized carbons (Fsp3) is 0.381. The maximum Gasteiger partial charge on any atom is 0.243 e. The van der Waals surface area contributed by atoms with Gasteiger partial charge in [0, 0.05) is 37.1 Å². The molecule has 1 amide bonds. The Morgan fingerprint density at radius 2 is 1.83 bits per heavy atom. The Labute approximate surface area is 184 Å². The van der Waals surface area contributed by atoms with Gasteiger partial charge in [-0.1, -0.05) is 22.0 Å². The van der Waals surface area contributed by atoms with Gasteiger partial charge in [-0.3, -0.25) is 4.79 Å². The molecule has 1 aliphatic rings. The predicted molar refractivity (Wildman–Crippen MR) is 115 cm³/mol. The normalized spacial score (nSPS) is 15.6. The van der Waals surface area contributed by atoms with Gasteiger partial charge in [0.25, 0.3) is 0 Å². The molecule has 0 N–H and O–H groups in total. The predicted octanol–water partition coefficient (Wildman–Crippen LogP) is 3.67. The zero-order valence-corrected chi connectivity index (χ0v) is 18.9. The van der Waals surface area contributed by atoms with Crippen molar-refractivity contribution >= 4 is 31.9 Å². The SMILES string of the molecule is O=C(CCCOc1cccc(Br)c1)N1CCCN(S(=O)(=O)c2ccc(F)cc2)CC1. The highest BCUT2D eigenvalue weighted by atomic mass is 79.9. The molecule has 0 spiro atoms. The fourth-order valence-corrected chi connectivity index (χ4v) is 5.12. The lowest BCUT2D eigenvalue weighted by Gasteiger charge is -2.22. The first-order chi connectivity index (χ1) is 14.4. The number of halogens is 2. The van der Waals surface area contributed by atoms with Gasteiger partial charge in [-0.05, 0) is 55.3 Å². The van der Waals surface area contributed by atoms with Crippen molar-refractivity contribution in [1.82, 2.24) is 9.21 Å². The minimum absolute atomic E-state index is 0.00567. The Hall–Kier alpha value is -1.97. The van der Waals surface area contributed by atoms with E-state index < -0.39 is 15.8 Å². The number of nitrogens with zero attached hydrogens (tertiary/aromatic N) is 2. The van der Waals surface area contributed by atoms with Crippen LogP contribution in [-0.2, 0) is 14.8 Å². The van der Waals surface area contributed by atoms with Gasteiger partial charge in [0.2, 0.25) is 15.9 Å². The largest absolute Gasteiger partial charge is 0.494 e. The van der Waals surface area contributed by atoms with Gasteiger partial charge >= 0.3 is 0 Å². The van der Waals surface area contributed by atoms with Crippen LogP contribution < -0.4 is 4.74 Å². The number of carbonyl (C=O) groups is 1. The number of rotatable bonds is 7. The van der Waals surface area contributed by atoms with Crippen molar-refractivity contribution in [3.8, 4) is 5.75 Å². The second-order valence-electron chi connectivity index (χ2n) is 7.00. The van der Waals surface area contributed by atoms with Crippen LogP contribution in [0, 0.1) is 5.82 Å². The Kier molecular flexibility index (Phi) is 7.85. The molecule has 162 valence electrons. The van der Waals surface area contributed by atoms with Gasteiger partial charge in [0.15, 0.2) is 0 Å². The van der Waals surface area contributed by atoms with Crippen LogP contribution in [-0.4, -0.2) is 56.3 Å². The molecule has 6 nitrogen and oxygen atoms in total. The summed E-state index contributed by atoms with van der Waals surface area (Å²) in [5.74, 6) is 0.257. The molecule has 2 aromatic rings. The summed E-state index contributed by atoms with van der Waals surface area (Å²) in [4.78, 5) is 14.3. The molecule has 2 aromatic carbocycles. The molecular formula is C21H24BrFN2O4S. The van der Waals surface area contributed by atoms with Crippen LogP contribution in [0.4, 0.5) is 4.39 Å². The molecule has 0 aliphatic carbocycles. The lowest BCUT2D eigenvalue weighted by atomic mass is 10.2. The lowest BCUT2D eigenvalue weighted by molar-refractivity contribution is -0.131. The van der Waals surface area contributed by atoms with Crippen molar-refractivity contribution < 1.29 is 22.3 Å². The molecule has 0 aromatic heterocycles. The number of carbonyl (C=O) groups excluding carboxylic acids is 1. The van der Waals surface area contributed by atoms with Crippen molar-refractivity contribution in [3.05, 3.63) is 58.8 Å². The van der Waals surface area contributed by atoms with E-state index in [4.69, 9.17) is 4.74 Å². The van der Waals surface area contributed by atoms with E-state index in [0.717, 1.165) is 22.4 Å². The maximum absolute atomic E-state index is 13.1. The van der Waals surface area contributed by atoms with Gasteiger partial charge in [-0.25, -0.2) is 12.8 Å². The summed E-state index contributed by atoms with van der Waals surface area (Å²) >= 11 is 3.39. The van der Waals surface area contributed by atoms with Crippen LogP contribution in [0.5, 0.6) is 5.75 Å². The summed E-state index contributed by atoms with van der Waals surface area (Å²) in [5, 5.41) is 0. The third kappa shape index (κ3) is 6.02. The van der Waals surface area contributed by atoms with Crippen molar-refractivity contribution in [3.63, 3.8) is 0 Å². The highest BCUT2D eigenvalue weighted by Gasteiger charge is 2.28. The van der Waals surface area contributed by atoms with Crippen molar-refractivity contribution in [1.29, 1.82) is 0 Å². The summed E-state index contributed by atoms with van der Waals surface area (Å²) in [6.45, 7) is 1.84. The highest BCUT2D eigenvalue weighted by molar-refractivity contribution is 9.10. The molecule has 30 heavy (non-hydrogen) atoms. The topological polar surface area (TPSA) is 66.9 Å². The number of sulfonamides is 1. The average Bonchev–Trinajstić information content (AvgIpc) is 2.98. The van der Waals surface area contributed by atoms with Crippen LogP contribution in [0.2, 0.25) is 0 Å². The molecule has 0 radical (unpaired) electrons. The second-order valence-corrected chi connectivity index (χ2v) is 9.86. The van der Waals surface area contributed by atoms with E-state index in [-0.39, 0.29) is 17.3 Å². The van der Waals surface area contributed by atoms with E-state index >= 15 is 0 Å². The molecule has 0 bridgehead atoms. The zero-order valence-electron chi connectivity index (χ0n) is 16.5. The minimum Gasteiger partial charge on any atom is -0.494 e. The summed E-state index contributed by atoms with van der Waals surface area (Å²) in [5.41, 5.74) is 0. The van der Waals surface area contributed by atoms with E-state index in [9.17, 15) is 17.6 Å². The molecule has 0 atom stereocenters. The van der Waals surface area contributed by atoms with Crippen molar-refractivity contribution in [2.75, 3.05) is 32.8 Å². The molecule has 1 saturated heterocycles. The number of amides is 1. The molecule has 9 heteroatoms. The lowest BCUT2D eigenvalue weighted by Crippen LogP contribution is -2.37. The van der Waals surface area contributed by atoms with Gasteiger partial charge in [0.1, 0.15) is 11.6 Å². The molecular weight excluding hydrogens is 475 g/mol. The standard InChI is InChI=1S/C21H24BrFN2O4S/c22-17-4-1-5-19(16-17)29-15-2-6-21(26)24-11-3-12-25(14-13-24)30(27,28)20-9-7-18(23)8-10-20/h1,4-5,7-10,16H,2-3,6,11-15H2. The maximum atomic E-state index is 13.1. The minimum atomic E-state index is -3.70. The third-order valence-corrected chi connectivity index (χ3v) is 7.26. The summed E-state index contributed by atoms with van der Waals surface area (Å²) in [6, 6.07) is 12.3. The van der Waals surface area contributed by atoms with E-state index in [1.54, 1.807) is 4.90 Å². The van der Waals surface area contributed by atoms with Crippen molar-refractivity contribution in [2.24, 2.45) is 0 Å². The summed E-state index contributed by atoms with van der Waals surface area (Å²) in [7, 11) is -3.70. The number of hydrogen-bond acceptors (Lipinski definition) is 4. The Morgan fingerprint density at radius 3 is 2.57 bits per heavy atom. The van der Waals surface area contributed by atoms with Crippen LogP contribution in [0.1, 0.15) is 19.3 Å². The number of benzene rings is 2. The van der Waals surface area contributed by atoms with E-state index in [1.807, 2.05) is 24.3 Å². The van der Waals surface area contributed by atoms with Crippen LogP contribution in [0.25, 0.3) is 0 Å². The monoisotopic (exact) mass is 498 g/mol. The second kappa shape index (κ2) is 10.4. The first-order valence-electron chi connectivity index (χ1n) is 9.78. The zero-order chi connectivity index (χ0) is 21.6. The summed E-state index contributed by atoms with van der Waals surface area (Å²) < 4.78 is 46.6. The van der Waals surface area contributed by atoms with E-state index in [0.29, 0.717) is 45.5 Å². The Bertz CT molecular complexity index is 969. The van der Waals surface area contributed by atoms with Crippen molar-refractivity contribution in [2.45, 2.75) is 24.2 Å². The van der Waals surface area contributed by atoms with E-state index in [2.05, 4.69) is 15.9 Å². The number of ether oxygens (including phenoxy) is 1. The molecule has 1 heterocycles. The van der Waals surface area contributed by atoms with Crippen LogP contribution in [0.15, 0.2) is 57.9 Å². The highest BCUT2D eigenvalue weighted by Crippen LogP contribution is 2.20. The third-order valence-electron chi connectivity index (χ3n) is 4.86. The molecule has 3 rings (SSSR count). The number of hydrogen-bond donors (Lipinski definition) is 0. The quantitative estimate of drug-likeness (QED) is 0.546. The smallest absolute Gasteiger partial charge is 0.243 e. The molecule has 0 saturated carbocycles. The van der Waals surface area contributed by atoms with Crippen LogP contribution in [0.3, 0.4) is 0 Å². The van der Waals surface area contributed by atoms with Crippen LogP contribution >= 0.6 is 15.9 Å². The Morgan fingerprint density at radius 1 is 1.07 bits per heavy atom. The molecule has 1 aliphatic heterocycles. The molecule has 1 fully saturated rings. The van der Waals surface area contributed by atoms with Gasteiger partial charge in [-0.2, -0.15) is 4.31 Å².